The number of nitro groups is 1. The van der Waals surface area contributed by atoms with Crippen LogP contribution >= 0.6 is 0 Å². The molecule has 23 heavy (non-hydrogen) atoms. The molecule has 0 aromatic carbocycles. The summed E-state index contributed by atoms with van der Waals surface area (Å²) in [6, 6.07) is 0.00650. The average molecular weight is 323 g/mol. The van der Waals surface area contributed by atoms with E-state index in [0.29, 0.717) is 25.5 Å². The zero-order valence-electron chi connectivity index (χ0n) is 13.7. The molecule has 2 heterocycles. The predicted molar refractivity (Wildman–Crippen MR) is 83.3 cm³/mol. The second-order valence-corrected chi connectivity index (χ2v) is 6.46. The summed E-state index contributed by atoms with van der Waals surface area (Å²) in [7, 11) is 0. The highest BCUT2D eigenvalue weighted by molar-refractivity contribution is 5.68. The molecular weight excluding hydrogens is 302 g/mol. The standard InChI is InChI=1S/C14H21N5O4/c1-10-9-17(13(20)23-14(2,3)4)5-6-18(10)11-7-16-12(8-15-11)19(21)22/h7-8,10H,5-6,9H2,1-4H3/t10-/m0/s1. The first-order chi connectivity index (χ1) is 10.7. The van der Waals surface area contributed by atoms with E-state index in [1.807, 2.05) is 32.6 Å². The summed E-state index contributed by atoms with van der Waals surface area (Å²) in [4.78, 5) is 33.6. The van der Waals surface area contributed by atoms with Gasteiger partial charge in [-0.3, -0.25) is 0 Å². The second kappa shape index (κ2) is 6.35. The molecule has 0 aliphatic carbocycles. The Morgan fingerprint density at radius 2 is 2.04 bits per heavy atom. The molecule has 1 amide bonds. The number of nitrogens with zero attached hydrogens (tertiary/aromatic N) is 5. The van der Waals surface area contributed by atoms with Crippen LogP contribution in [0.15, 0.2) is 12.4 Å². The Hall–Kier alpha value is -2.45. The molecule has 0 N–H and O–H groups in total. The van der Waals surface area contributed by atoms with Crippen LogP contribution in [0.1, 0.15) is 27.7 Å². The maximum Gasteiger partial charge on any atom is 0.410 e. The van der Waals surface area contributed by atoms with Gasteiger partial charge in [0, 0.05) is 25.7 Å². The number of rotatable bonds is 2. The summed E-state index contributed by atoms with van der Waals surface area (Å²) < 4.78 is 5.37. The van der Waals surface area contributed by atoms with Gasteiger partial charge in [-0.1, -0.05) is 0 Å². The number of ether oxygens (including phenoxy) is 1. The van der Waals surface area contributed by atoms with Crippen LogP contribution in [0.5, 0.6) is 0 Å². The summed E-state index contributed by atoms with van der Waals surface area (Å²) >= 11 is 0. The molecule has 0 saturated carbocycles. The third-order valence-electron chi connectivity index (χ3n) is 3.39. The molecule has 1 aromatic heterocycles. The fraction of sp³-hybridized carbons (Fsp3) is 0.643. The molecule has 0 radical (unpaired) electrons. The van der Waals surface area contributed by atoms with Crippen LogP contribution in [-0.2, 0) is 4.74 Å². The molecule has 126 valence electrons. The van der Waals surface area contributed by atoms with E-state index in [1.165, 1.54) is 6.20 Å². The molecule has 1 aliphatic rings. The van der Waals surface area contributed by atoms with Crippen LogP contribution in [0.2, 0.25) is 0 Å². The molecular formula is C14H21N5O4. The Kier molecular flexibility index (Phi) is 4.67. The van der Waals surface area contributed by atoms with E-state index in [2.05, 4.69) is 9.97 Å². The van der Waals surface area contributed by atoms with Crippen LogP contribution in [0.25, 0.3) is 0 Å². The molecule has 0 spiro atoms. The summed E-state index contributed by atoms with van der Waals surface area (Å²) in [5.74, 6) is 0.278. The smallest absolute Gasteiger partial charge is 0.410 e. The summed E-state index contributed by atoms with van der Waals surface area (Å²) in [5.41, 5.74) is -0.526. The molecule has 1 fully saturated rings. The van der Waals surface area contributed by atoms with Crippen molar-refractivity contribution in [3.63, 3.8) is 0 Å². The van der Waals surface area contributed by atoms with Crippen molar-refractivity contribution in [2.45, 2.75) is 39.3 Å². The lowest BCUT2D eigenvalue weighted by atomic mass is 10.2. The summed E-state index contributed by atoms with van der Waals surface area (Å²) in [6.45, 7) is 9.00. The third kappa shape index (κ3) is 4.27. The zero-order chi connectivity index (χ0) is 17.2. The van der Waals surface area contributed by atoms with E-state index in [0.717, 1.165) is 6.20 Å². The first-order valence-electron chi connectivity index (χ1n) is 7.38. The Balaban J connectivity index is 2.01. The lowest BCUT2D eigenvalue weighted by molar-refractivity contribution is -0.389. The van der Waals surface area contributed by atoms with Gasteiger partial charge in [-0.05, 0) is 37.6 Å². The molecule has 0 bridgehead atoms. The normalized spacial score (nSPS) is 18.7. The molecule has 1 aliphatic heterocycles. The molecule has 2 rings (SSSR count). The molecule has 9 heteroatoms. The molecule has 1 saturated heterocycles. The van der Waals surface area contributed by atoms with Crippen molar-refractivity contribution in [2.24, 2.45) is 0 Å². The van der Waals surface area contributed by atoms with Crippen LogP contribution in [-0.4, -0.2) is 57.2 Å². The van der Waals surface area contributed by atoms with Gasteiger partial charge >= 0.3 is 11.9 Å². The first kappa shape index (κ1) is 16.9. The van der Waals surface area contributed by atoms with Gasteiger partial charge in [0.05, 0.1) is 0 Å². The fourth-order valence-electron chi connectivity index (χ4n) is 2.35. The van der Waals surface area contributed by atoms with Crippen molar-refractivity contribution in [2.75, 3.05) is 24.5 Å². The summed E-state index contributed by atoms with van der Waals surface area (Å²) in [6.07, 6.45) is 2.19. The van der Waals surface area contributed by atoms with Crippen LogP contribution < -0.4 is 4.90 Å². The maximum absolute atomic E-state index is 12.1. The Labute approximate surface area is 134 Å². The van der Waals surface area contributed by atoms with Gasteiger partial charge in [0.25, 0.3) is 0 Å². The summed E-state index contributed by atoms with van der Waals surface area (Å²) in [5, 5.41) is 10.6. The number of aromatic nitrogens is 2. The topological polar surface area (TPSA) is 102 Å². The van der Waals surface area contributed by atoms with Crippen molar-refractivity contribution in [1.82, 2.24) is 14.9 Å². The van der Waals surface area contributed by atoms with Gasteiger partial charge < -0.3 is 24.7 Å². The van der Waals surface area contributed by atoms with Gasteiger partial charge in [-0.2, -0.15) is 0 Å². The zero-order valence-corrected chi connectivity index (χ0v) is 13.7. The highest BCUT2D eigenvalue weighted by atomic mass is 16.6. The van der Waals surface area contributed by atoms with Crippen molar-refractivity contribution in [3.8, 4) is 0 Å². The lowest BCUT2D eigenvalue weighted by Crippen LogP contribution is -2.54. The molecule has 1 atom stereocenters. The second-order valence-electron chi connectivity index (χ2n) is 6.46. The molecule has 0 unspecified atom stereocenters. The first-order valence-corrected chi connectivity index (χ1v) is 7.38. The molecule has 1 aromatic rings. The van der Waals surface area contributed by atoms with Crippen LogP contribution in [0, 0.1) is 10.1 Å². The minimum absolute atomic E-state index is 0.00650. The van der Waals surface area contributed by atoms with E-state index >= 15 is 0 Å². The van der Waals surface area contributed by atoms with Gasteiger partial charge in [-0.15, -0.1) is 0 Å². The Morgan fingerprint density at radius 3 is 2.52 bits per heavy atom. The maximum atomic E-state index is 12.1. The highest BCUT2D eigenvalue weighted by Gasteiger charge is 2.31. The van der Waals surface area contributed by atoms with Crippen molar-refractivity contribution in [3.05, 3.63) is 22.5 Å². The number of anilines is 1. The number of carbonyl (C=O) groups excluding carboxylic acids is 1. The van der Waals surface area contributed by atoms with E-state index < -0.39 is 10.5 Å². The van der Waals surface area contributed by atoms with Gasteiger partial charge in [0.1, 0.15) is 11.8 Å². The van der Waals surface area contributed by atoms with Gasteiger partial charge in [-0.25, -0.2) is 9.78 Å². The Bertz CT molecular complexity index is 584. The highest BCUT2D eigenvalue weighted by Crippen LogP contribution is 2.20. The SMILES string of the molecule is C[C@H]1CN(C(=O)OC(C)(C)C)CCN1c1cnc([N+](=O)[O-])cn1. The lowest BCUT2D eigenvalue weighted by Gasteiger charge is -2.40. The van der Waals surface area contributed by atoms with Crippen LogP contribution in [0.3, 0.4) is 0 Å². The predicted octanol–water partition coefficient (Wildman–Crippen LogP) is 1.83. The number of hydrogen-bond donors (Lipinski definition) is 0. The van der Waals surface area contributed by atoms with Crippen molar-refractivity contribution >= 4 is 17.7 Å². The minimum atomic E-state index is -0.583. The number of amides is 1. The average Bonchev–Trinajstić information content (AvgIpc) is 2.45. The fourth-order valence-corrected chi connectivity index (χ4v) is 2.35. The Morgan fingerprint density at radius 1 is 1.35 bits per heavy atom. The van der Waals surface area contributed by atoms with Gasteiger partial charge in [0.2, 0.25) is 0 Å². The number of hydrogen-bond acceptors (Lipinski definition) is 7. The number of piperazine rings is 1. The van der Waals surface area contributed by atoms with E-state index in [-0.39, 0.29) is 18.0 Å². The van der Waals surface area contributed by atoms with Crippen LogP contribution in [0.4, 0.5) is 16.4 Å². The van der Waals surface area contributed by atoms with E-state index in [1.54, 1.807) is 4.90 Å². The van der Waals surface area contributed by atoms with E-state index in [4.69, 9.17) is 4.74 Å². The molecule has 9 nitrogen and oxygen atoms in total. The number of carbonyl (C=O) groups is 1. The largest absolute Gasteiger partial charge is 0.444 e. The van der Waals surface area contributed by atoms with Crippen molar-refractivity contribution in [1.29, 1.82) is 0 Å². The van der Waals surface area contributed by atoms with Crippen molar-refractivity contribution < 1.29 is 14.5 Å². The minimum Gasteiger partial charge on any atom is -0.444 e. The third-order valence-corrected chi connectivity index (χ3v) is 3.39. The monoisotopic (exact) mass is 323 g/mol. The van der Waals surface area contributed by atoms with Gasteiger partial charge in [0.15, 0.2) is 12.0 Å². The van der Waals surface area contributed by atoms with E-state index in [9.17, 15) is 14.9 Å². The quantitative estimate of drug-likeness (QED) is 0.604.